The van der Waals surface area contributed by atoms with Crippen molar-refractivity contribution in [3.05, 3.63) is 0 Å². The van der Waals surface area contributed by atoms with E-state index in [1.165, 1.54) is 0 Å². The Morgan fingerprint density at radius 3 is 2.13 bits per heavy atom. The molecule has 1 atom stereocenters. The number of hydrogen-bond donors (Lipinski definition) is 0. The van der Waals surface area contributed by atoms with Crippen molar-refractivity contribution < 1.29 is 18.3 Å². The zero-order valence-corrected chi connectivity index (χ0v) is 9.69. The van der Waals surface area contributed by atoms with Gasteiger partial charge in [0.15, 0.2) is 5.78 Å². The van der Waals surface area contributed by atoms with Gasteiger partial charge < -0.3 is 4.74 Å². The second-order valence-electron chi connectivity index (χ2n) is 5.45. The number of halogens is 2. The molecule has 1 rings (SSSR count). The van der Waals surface area contributed by atoms with E-state index in [2.05, 4.69) is 0 Å². The van der Waals surface area contributed by atoms with Crippen molar-refractivity contribution in [2.45, 2.75) is 52.1 Å². The number of ketones is 1. The van der Waals surface area contributed by atoms with E-state index in [1.807, 2.05) is 0 Å². The summed E-state index contributed by atoms with van der Waals surface area (Å²) in [6, 6.07) is 0. The molecule has 0 aromatic rings. The number of Topliss-reactive ketones (excluding diaryl/α,β-unsaturated/α-hetero) is 1. The molecule has 15 heavy (non-hydrogen) atoms. The monoisotopic (exact) mass is 220 g/mol. The highest BCUT2D eigenvalue weighted by molar-refractivity contribution is 5.91. The molecule has 1 aliphatic rings. The molecule has 0 unspecified atom stereocenters. The molecule has 0 radical (unpaired) electrons. The Morgan fingerprint density at radius 2 is 1.80 bits per heavy atom. The lowest BCUT2D eigenvalue weighted by Crippen LogP contribution is -2.51. The van der Waals surface area contributed by atoms with Gasteiger partial charge in [-0.3, -0.25) is 4.79 Å². The normalized spacial score (nSPS) is 31.3. The van der Waals surface area contributed by atoms with Crippen molar-refractivity contribution in [2.24, 2.45) is 5.41 Å². The molecule has 1 aliphatic heterocycles. The fraction of sp³-hybridized carbons (Fsp3) is 0.909. The average molecular weight is 220 g/mol. The number of alkyl halides is 2. The fourth-order valence-corrected chi connectivity index (χ4v) is 1.80. The molecule has 2 nitrogen and oxygen atoms in total. The molecule has 0 spiro atoms. The summed E-state index contributed by atoms with van der Waals surface area (Å²) in [7, 11) is 0. The third-order valence-electron chi connectivity index (χ3n) is 2.73. The summed E-state index contributed by atoms with van der Waals surface area (Å²) in [5.41, 5.74) is -1.60. The van der Waals surface area contributed by atoms with Crippen LogP contribution in [-0.2, 0) is 9.53 Å². The Labute approximate surface area is 89.0 Å². The van der Waals surface area contributed by atoms with Crippen LogP contribution in [0.1, 0.15) is 40.5 Å². The lowest BCUT2D eigenvalue weighted by molar-refractivity contribution is -0.192. The number of rotatable bonds is 1. The largest absolute Gasteiger partial charge is 0.361 e. The van der Waals surface area contributed by atoms with E-state index in [1.54, 1.807) is 27.7 Å². The Hall–Kier alpha value is -0.510. The Bertz CT molecular complexity index is 256. The van der Waals surface area contributed by atoms with Crippen LogP contribution in [0, 0.1) is 5.41 Å². The molecule has 0 aromatic heterocycles. The van der Waals surface area contributed by atoms with E-state index in [0.29, 0.717) is 0 Å². The maximum Gasteiger partial charge on any atom is 0.271 e. The predicted molar refractivity (Wildman–Crippen MR) is 53.0 cm³/mol. The lowest BCUT2D eigenvalue weighted by Gasteiger charge is -2.39. The topological polar surface area (TPSA) is 26.3 Å². The van der Waals surface area contributed by atoms with Gasteiger partial charge in [-0.1, -0.05) is 20.8 Å². The van der Waals surface area contributed by atoms with E-state index in [4.69, 9.17) is 4.74 Å². The number of ether oxygens (including phenoxy) is 1. The van der Waals surface area contributed by atoms with Crippen molar-refractivity contribution in [1.82, 2.24) is 0 Å². The molecule has 1 heterocycles. The Kier molecular flexibility index (Phi) is 2.94. The SMILES string of the molecule is CC(C)(C)C(=O)[C@@]1(C)CCC(F)(F)CO1. The van der Waals surface area contributed by atoms with Crippen LogP contribution in [0.2, 0.25) is 0 Å². The van der Waals surface area contributed by atoms with Gasteiger partial charge in [0.25, 0.3) is 5.92 Å². The van der Waals surface area contributed by atoms with Gasteiger partial charge in [-0.05, 0) is 13.3 Å². The van der Waals surface area contributed by atoms with Crippen LogP contribution in [0.15, 0.2) is 0 Å². The summed E-state index contributed by atoms with van der Waals surface area (Å²) in [4.78, 5) is 12.0. The molecule has 0 aliphatic carbocycles. The first-order chi connectivity index (χ1) is 6.57. The molecular formula is C11H18F2O2. The van der Waals surface area contributed by atoms with Gasteiger partial charge in [-0.2, -0.15) is 0 Å². The van der Waals surface area contributed by atoms with E-state index in [-0.39, 0.29) is 18.6 Å². The minimum atomic E-state index is -2.78. The molecule has 1 fully saturated rings. The molecular weight excluding hydrogens is 202 g/mol. The van der Waals surface area contributed by atoms with Gasteiger partial charge >= 0.3 is 0 Å². The first-order valence-corrected chi connectivity index (χ1v) is 5.14. The van der Waals surface area contributed by atoms with E-state index in [0.717, 1.165) is 0 Å². The van der Waals surface area contributed by atoms with Gasteiger partial charge in [0.05, 0.1) is 0 Å². The van der Waals surface area contributed by atoms with Crippen LogP contribution >= 0.6 is 0 Å². The minimum Gasteiger partial charge on any atom is -0.361 e. The van der Waals surface area contributed by atoms with Gasteiger partial charge in [-0.15, -0.1) is 0 Å². The molecule has 0 N–H and O–H groups in total. The van der Waals surface area contributed by atoms with Crippen molar-refractivity contribution in [3.63, 3.8) is 0 Å². The summed E-state index contributed by atoms with van der Waals surface area (Å²) in [5.74, 6) is -2.89. The van der Waals surface area contributed by atoms with Gasteiger partial charge in [-0.25, -0.2) is 8.78 Å². The first-order valence-electron chi connectivity index (χ1n) is 5.14. The molecule has 0 bridgehead atoms. The first kappa shape index (κ1) is 12.6. The second-order valence-corrected chi connectivity index (χ2v) is 5.45. The van der Waals surface area contributed by atoms with Crippen LogP contribution in [-0.4, -0.2) is 23.9 Å². The Balaban J connectivity index is 2.75. The van der Waals surface area contributed by atoms with Gasteiger partial charge in [0.2, 0.25) is 0 Å². The molecule has 4 heteroatoms. The van der Waals surface area contributed by atoms with Crippen LogP contribution < -0.4 is 0 Å². The number of hydrogen-bond acceptors (Lipinski definition) is 2. The lowest BCUT2D eigenvalue weighted by atomic mass is 9.77. The highest BCUT2D eigenvalue weighted by Gasteiger charge is 2.48. The molecule has 88 valence electrons. The van der Waals surface area contributed by atoms with Crippen molar-refractivity contribution >= 4 is 5.78 Å². The standard InChI is InChI=1S/C11H18F2O2/c1-9(2,3)8(14)10(4)5-6-11(12,13)7-15-10/h5-7H2,1-4H3/t10-/m1/s1. The fourth-order valence-electron chi connectivity index (χ4n) is 1.80. The van der Waals surface area contributed by atoms with Crippen LogP contribution in [0.25, 0.3) is 0 Å². The zero-order valence-electron chi connectivity index (χ0n) is 9.69. The zero-order chi connectivity index (χ0) is 11.9. The molecule has 0 aromatic carbocycles. The van der Waals surface area contributed by atoms with Crippen LogP contribution in [0.5, 0.6) is 0 Å². The summed E-state index contributed by atoms with van der Waals surface area (Å²) < 4.78 is 30.8. The van der Waals surface area contributed by atoms with E-state index >= 15 is 0 Å². The molecule has 1 saturated heterocycles. The summed E-state index contributed by atoms with van der Waals surface area (Å²) in [5, 5.41) is 0. The summed E-state index contributed by atoms with van der Waals surface area (Å²) in [6.45, 7) is 6.28. The smallest absolute Gasteiger partial charge is 0.271 e. The maximum atomic E-state index is 12.9. The molecule has 0 saturated carbocycles. The summed E-state index contributed by atoms with van der Waals surface area (Å²) >= 11 is 0. The number of carbonyl (C=O) groups excluding carboxylic acids is 1. The van der Waals surface area contributed by atoms with Gasteiger partial charge in [0.1, 0.15) is 12.2 Å². The second kappa shape index (κ2) is 3.51. The summed E-state index contributed by atoms with van der Waals surface area (Å²) in [6.07, 6.45) is -0.179. The van der Waals surface area contributed by atoms with Crippen molar-refractivity contribution in [1.29, 1.82) is 0 Å². The number of carbonyl (C=O) groups is 1. The van der Waals surface area contributed by atoms with Crippen molar-refractivity contribution in [3.8, 4) is 0 Å². The van der Waals surface area contributed by atoms with Crippen LogP contribution in [0.3, 0.4) is 0 Å². The maximum absolute atomic E-state index is 12.9. The van der Waals surface area contributed by atoms with Gasteiger partial charge in [0, 0.05) is 11.8 Å². The average Bonchev–Trinajstić information content (AvgIpc) is 2.08. The quantitative estimate of drug-likeness (QED) is 0.679. The van der Waals surface area contributed by atoms with E-state index < -0.39 is 23.5 Å². The highest BCUT2D eigenvalue weighted by Crippen LogP contribution is 2.38. The van der Waals surface area contributed by atoms with Crippen LogP contribution in [0.4, 0.5) is 8.78 Å². The third kappa shape index (κ3) is 2.74. The van der Waals surface area contributed by atoms with E-state index in [9.17, 15) is 13.6 Å². The third-order valence-corrected chi connectivity index (χ3v) is 2.73. The molecule has 0 amide bonds. The predicted octanol–water partition coefficient (Wildman–Crippen LogP) is 2.81. The minimum absolute atomic E-state index is 0.0934. The van der Waals surface area contributed by atoms with Crippen molar-refractivity contribution in [2.75, 3.05) is 6.61 Å². The Morgan fingerprint density at radius 1 is 1.27 bits per heavy atom. The highest BCUT2D eigenvalue weighted by atomic mass is 19.3.